The largest absolute Gasteiger partial charge is 0.478 e. The van der Waals surface area contributed by atoms with Crippen LogP contribution in [-0.4, -0.2) is 52.8 Å². The molecule has 0 aliphatic carbocycles. The Hall–Kier alpha value is -5.52. The highest BCUT2D eigenvalue weighted by Gasteiger charge is 2.30. The number of nitrogens with one attached hydrogen (secondary N) is 1. The molecule has 2 amide bonds. The molecule has 0 radical (unpaired) electrons. The average molecular weight is 662 g/mol. The summed E-state index contributed by atoms with van der Waals surface area (Å²) < 4.78 is 44.9. The van der Waals surface area contributed by atoms with Gasteiger partial charge in [-0.15, -0.1) is 0 Å². The minimum absolute atomic E-state index is 0.0577. The van der Waals surface area contributed by atoms with E-state index < -0.39 is 29.6 Å². The first-order chi connectivity index (χ1) is 22.5. The molecule has 0 saturated carbocycles. The zero-order chi connectivity index (χ0) is 35.3. The van der Waals surface area contributed by atoms with Gasteiger partial charge in [0.2, 0.25) is 0 Å². The van der Waals surface area contributed by atoms with E-state index in [0.29, 0.717) is 41.0 Å². The number of benzene rings is 3. The minimum Gasteiger partial charge on any atom is -0.478 e. The van der Waals surface area contributed by atoms with Crippen molar-refractivity contribution >= 4 is 29.4 Å². The van der Waals surface area contributed by atoms with Crippen LogP contribution >= 0.6 is 0 Å². The SMILES string of the molecule is Cc1ccc(C(=O)Nc2ccc(CCCC(=O)Oc3c(C)cc(C(=O)O)cc3C)cc2C(=O)N(C)C)c(-c2ccc(C(F)(F)F)cc2)n1. The van der Waals surface area contributed by atoms with Crippen LogP contribution in [0.5, 0.6) is 5.75 Å². The van der Waals surface area contributed by atoms with Crippen LogP contribution in [0.1, 0.15) is 71.9 Å². The molecule has 0 unspecified atom stereocenters. The van der Waals surface area contributed by atoms with E-state index in [1.54, 1.807) is 59.1 Å². The number of hydrogen-bond acceptors (Lipinski definition) is 6. The molecule has 1 aromatic heterocycles. The number of aromatic carboxylic acids is 1. The predicted molar refractivity (Wildman–Crippen MR) is 173 cm³/mol. The molecule has 12 heteroatoms. The lowest BCUT2D eigenvalue weighted by atomic mass is 10.0. The molecule has 0 saturated heterocycles. The highest BCUT2D eigenvalue weighted by Crippen LogP contribution is 2.32. The second-order valence-corrected chi connectivity index (χ2v) is 11.5. The van der Waals surface area contributed by atoms with Gasteiger partial charge in [-0.05, 0) is 98.8 Å². The zero-order valence-corrected chi connectivity index (χ0v) is 27.0. The van der Waals surface area contributed by atoms with Crippen molar-refractivity contribution < 1.29 is 42.2 Å². The third-order valence-electron chi connectivity index (χ3n) is 7.50. The molecule has 0 spiro atoms. The first-order valence-corrected chi connectivity index (χ1v) is 14.9. The molecular weight excluding hydrogens is 627 g/mol. The molecule has 4 aromatic rings. The van der Waals surface area contributed by atoms with Crippen LogP contribution in [0.4, 0.5) is 18.9 Å². The number of rotatable bonds is 10. The number of ether oxygens (including phenoxy) is 1. The number of pyridine rings is 1. The van der Waals surface area contributed by atoms with E-state index in [4.69, 9.17) is 4.74 Å². The van der Waals surface area contributed by atoms with Crippen molar-refractivity contribution in [2.45, 2.75) is 46.2 Å². The van der Waals surface area contributed by atoms with Crippen LogP contribution in [-0.2, 0) is 17.4 Å². The Balaban J connectivity index is 1.51. The number of carboxylic acid groups (broad SMARTS) is 1. The lowest BCUT2D eigenvalue weighted by Crippen LogP contribution is -2.24. The normalized spacial score (nSPS) is 11.2. The van der Waals surface area contributed by atoms with Crippen molar-refractivity contribution in [1.29, 1.82) is 0 Å². The molecule has 4 rings (SSSR count). The van der Waals surface area contributed by atoms with Crippen molar-refractivity contribution in [3.8, 4) is 17.0 Å². The maximum atomic E-state index is 13.5. The van der Waals surface area contributed by atoms with Crippen molar-refractivity contribution in [2.24, 2.45) is 0 Å². The fourth-order valence-corrected chi connectivity index (χ4v) is 5.08. The maximum Gasteiger partial charge on any atom is 0.416 e. The van der Waals surface area contributed by atoms with Gasteiger partial charge in [-0.1, -0.05) is 18.2 Å². The van der Waals surface area contributed by atoms with Gasteiger partial charge >= 0.3 is 18.1 Å². The minimum atomic E-state index is -4.51. The van der Waals surface area contributed by atoms with Crippen LogP contribution in [0.3, 0.4) is 0 Å². The van der Waals surface area contributed by atoms with Gasteiger partial charge in [0, 0.05) is 31.8 Å². The quantitative estimate of drug-likeness (QED) is 0.135. The van der Waals surface area contributed by atoms with Gasteiger partial charge in [-0.3, -0.25) is 19.4 Å². The molecular formula is C36H34F3N3O6. The third kappa shape index (κ3) is 8.44. The van der Waals surface area contributed by atoms with E-state index in [1.807, 2.05) is 0 Å². The third-order valence-corrected chi connectivity index (χ3v) is 7.50. The topological polar surface area (TPSA) is 126 Å². The van der Waals surface area contributed by atoms with Crippen molar-refractivity contribution in [3.05, 3.63) is 111 Å². The Labute approximate surface area is 275 Å². The average Bonchev–Trinajstić information content (AvgIpc) is 3.02. The predicted octanol–water partition coefficient (Wildman–Crippen LogP) is 7.27. The first kappa shape index (κ1) is 35.3. The lowest BCUT2D eigenvalue weighted by Gasteiger charge is -2.17. The molecule has 0 aliphatic rings. The molecule has 9 nitrogen and oxygen atoms in total. The molecule has 0 atom stereocenters. The maximum absolute atomic E-state index is 13.5. The fraction of sp³-hybridized carbons (Fsp3) is 0.250. The number of aromatic nitrogens is 1. The van der Waals surface area contributed by atoms with Crippen molar-refractivity contribution in [3.63, 3.8) is 0 Å². The highest BCUT2D eigenvalue weighted by molar-refractivity contribution is 6.11. The van der Waals surface area contributed by atoms with E-state index in [9.17, 15) is 37.5 Å². The van der Waals surface area contributed by atoms with Gasteiger partial charge < -0.3 is 20.1 Å². The monoisotopic (exact) mass is 661 g/mol. The number of hydrogen-bond donors (Lipinski definition) is 2. The number of nitrogens with zero attached hydrogens (tertiary/aromatic N) is 2. The summed E-state index contributed by atoms with van der Waals surface area (Å²) in [7, 11) is 3.13. The number of aryl methyl sites for hydroxylation is 4. The summed E-state index contributed by atoms with van der Waals surface area (Å²) >= 11 is 0. The summed E-state index contributed by atoms with van der Waals surface area (Å²) in [5.41, 5.74) is 2.64. The Bertz CT molecular complexity index is 1860. The van der Waals surface area contributed by atoms with Crippen LogP contribution < -0.4 is 10.1 Å². The smallest absolute Gasteiger partial charge is 0.416 e. The van der Waals surface area contributed by atoms with E-state index in [-0.39, 0.29) is 40.4 Å². The number of carbonyl (C=O) groups excluding carboxylic acids is 3. The molecule has 0 aliphatic heterocycles. The van der Waals surface area contributed by atoms with E-state index >= 15 is 0 Å². The molecule has 48 heavy (non-hydrogen) atoms. The highest BCUT2D eigenvalue weighted by atomic mass is 19.4. The van der Waals surface area contributed by atoms with E-state index in [0.717, 1.165) is 17.7 Å². The molecule has 3 aromatic carbocycles. The van der Waals surface area contributed by atoms with Gasteiger partial charge in [0.15, 0.2) is 0 Å². The van der Waals surface area contributed by atoms with E-state index in [2.05, 4.69) is 10.3 Å². The van der Waals surface area contributed by atoms with Crippen molar-refractivity contribution in [1.82, 2.24) is 9.88 Å². The second kappa shape index (κ2) is 14.5. The van der Waals surface area contributed by atoms with Crippen LogP contribution in [0.15, 0.2) is 66.7 Å². The molecule has 1 heterocycles. The Morgan fingerprint density at radius 2 is 1.52 bits per heavy atom. The lowest BCUT2D eigenvalue weighted by molar-refractivity contribution is -0.137. The van der Waals surface area contributed by atoms with Gasteiger partial charge in [-0.25, -0.2) is 4.79 Å². The summed E-state index contributed by atoms with van der Waals surface area (Å²) in [6.07, 6.45) is -3.66. The van der Waals surface area contributed by atoms with Crippen molar-refractivity contribution in [2.75, 3.05) is 19.4 Å². The molecule has 0 fully saturated rings. The number of alkyl halides is 3. The van der Waals surface area contributed by atoms with Crippen LogP contribution in [0.2, 0.25) is 0 Å². The zero-order valence-electron chi connectivity index (χ0n) is 27.0. The number of halogens is 3. The summed E-state index contributed by atoms with van der Waals surface area (Å²) in [5.74, 6) is -2.25. The second-order valence-electron chi connectivity index (χ2n) is 11.5. The number of carboxylic acids is 1. The Morgan fingerprint density at radius 1 is 0.875 bits per heavy atom. The fourth-order valence-electron chi connectivity index (χ4n) is 5.08. The molecule has 250 valence electrons. The number of amides is 2. The standard InChI is InChI=1S/C36H34F3N3O6/c1-20-17-25(35(46)47)18-21(2)32(20)48-30(43)8-6-7-23-10-16-29(28(19-23)34(45)42(4)5)41-33(44)27-15-9-22(3)40-31(27)24-11-13-26(14-12-24)36(37,38)39/h9-19H,6-8H2,1-5H3,(H,41,44)(H,46,47). The first-order valence-electron chi connectivity index (χ1n) is 14.9. The number of carbonyl (C=O) groups is 4. The van der Waals surface area contributed by atoms with E-state index in [1.165, 1.54) is 35.2 Å². The number of anilines is 1. The van der Waals surface area contributed by atoms with Gasteiger partial charge in [0.1, 0.15) is 5.75 Å². The summed E-state index contributed by atoms with van der Waals surface area (Å²) in [6, 6.07) is 15.3. The van der Waals surface area contributed by atoms with Crippen LogP contribution in [0.25, 0.3) is 11.3 Å². The van der Waals surface area contributed by atoms with Gasteiger partial charge in [0.25, 0.3) is 11.8 Å². The molecule has 2 N–H and O–H groups in total. The van der Waals surface area contributed by atoms with Gasteiger partial charge in [0.05, 0.1) is 33.6 Å². The summed E-state index contributed by atoms with van der Waals surface area (Å²) in [4.78, 5) is 56.4. The Morgan fingerprint density at radius 3 is 2.10 bits per heavy atom. The van der Waals surface area contributed by atoms with Crippen LogP contribution in [0, 0.1) is 20.8 Å². The van der Waals surface area contributed by atoms with Gasteiger partial charge in [-0.2, -0.15) is 13.2 Å². The summed E-state index contributed by atoms with van der Waals surface area (Å²) in [5, 5.41) is 12.0. The molecule has 0 bridgehead atoms. The summed E-state index contributed by atoms with van der Waals surface area (Å²) in [6.45, 7) is 5.02. The Kier molecular flexibility index (Phi) is 10.7. The number of esters is 1.